The molecule has 0 aliphatic heterocycles. The van der Waals surface area contributed by atoms with E-state index in [9.17, 15) is 4.79 Å². The molecule has 1 amide bonds. The molecule has 25 heavy (non-hydrogen) atoms. The lowest BCUT2D eigenvalue weighted by atomic mass is 10.0. The lowest BCUT2D eigenvalue weighted by molar-refractivity contribution is -0.118. The van der Waals surface area contributed by atoms with Crippen LogP contribution in [-0.2, 0) is 4.79 Å². The molecule has 8 heteroatoms. The summed E-state index contributed by atoms with van der Waals surface area (Å²) in [6, 6.07) is 7.68. The van der Waals surface area contributed by atoms with Gasteiger partial charge in [-0.15, -0.1) is 16.4 Å². The van der Waals surface area contributed by atoms with Crippen molar-refractivity contribution < 1.29 is 13.9 Å². The number of hydrogen-bond donors (Lipinski definition) is 1. The van der Waals surface area contributed by atoms with Crippen molar-refractivity contribution in [3.05, 3.63) is 40.2 Å². The fourth-order valence-electron chi connectivity index (χ4n) is 2.09. The van der Waals surface area contributed by atoms with E-state index in [4.69, 9.17) is 9.15 Å². The fourth-order valence-corrected chi connectivity index (χ4v) is 2.68. The van der Waals surface area contributed by atoms with Crippen LogP contribution < -0.4 is 10.1 Å². The van der Waals surface area contributed by atoms with Crippen LogP contribution in [0.25, 0.3) is 11.6 Å². The van der Waals surface area contributed by atoms with Crippen molar-refractivity contribution in [3.63, 3.8) is 0 Å². The van der Waals surface area contributed by atoms with Crippen LogP contribution in [0.15, 0.2) is 34.1 Å². The number of amides is 1. The zero-order valence-electron chi connectivity index (χ0n) is 14.1. The lowest BCUT2D eigenvalue weighted by Gasteiger charge is -2.08. The number of benzene rings is 1. The normalized spacial score (nSPS) is 10.9. The van der Waals surface area contributed by atoms with Gasteiger partial charge in [0.15, 0.2) is 6.61 Å². The first-order chi connectivity index (χ1) is 12.0. The van der Waals surface area contributed by atoms with Crippen LogP contribution in [0.5, 0.6) is 5.75 Å². The molecule has 2 heterocycles. The maximum absolute atomic E-state index is 11.9. The third kappa shape index (κ3) is 4.42. The van der Waals surface area contributed by atoms with Crippen LogP contribution in [0.4, 0.5) is 6.01 Å². The van der Waals surface area contributed by atoms with Crippen molar-refractivity contribution in [1.29, 1.82) is 0 Å². The summed E-state index contributed by atoms with van der Waals surface area (Å²) in [6.45, 7) is 5.98. The molecule has 1 N–H and O–H groups in total. The number of carbonyl (C=O) groups excluding carboxylic acids is 1. The molecule has 0 saturated heterocycles. The molecule has 0 aliphatic rings. The Balaban J connectivity index is 1.53. The minimum absolute atomic E-state index is 0.0180. The SMILES string of the molecule is Cc1nc(-c2nnc(NC(=O)COc3ccc(C(C)C)cc3)o2)cs1. The van der Waals surface area contributed by atoms with Gasteiger partial charge in [-0.25, -0.2) is 4.98 Å². The van der Waals surface area contributed by atoms with E-state index >= 15 is 0 Å². The number of ether oxygens (including phenoxy) is 1. The Morgan fingerprint density at radius 1 is 1.28 bits per heavy atom. The van der Waals surface area contributed by atoms with E-state index in [2.05, 4.69) is 34.3 Å². The maximum atomic E-state index is 11.9. The Morgan fingerprint density at radius 2 is 2.04 bits per heavy atom. The summed E-state index contributed by atoms with van der Waals surface area (Å²) in [7, 11) is 0. The van der Waals surface area contributed by atoms with E-state index in [-0.39, 0.29) is 24.4 Å². The molecule has 0 fully saturated rings. The predicted octanol–water partition coefficient (Wildman–Crippen LogP) is 3.64. The Hall–Kier alpha value is -2.74. The van der Waals surface area contributed by atoms with Gasteiger partial charge in [-0.1, -0.05) is 31.1 Å². The molecule has 0 saturated carbocycles. The van der Waals surface area contributed by atoms with Crippen molar-refractivity contribution in [1.82, 2.24) is 15.2 Å². The molecule has 1 aromatic carbocycles. The van der Waals surface area contributed by atoms with E-state index in [1.54, 1.807) is 0 Å². The van der Waals surface area contributed by atoms with Crippen LogP contribution in [0, 0.1) is 6.92 Å². The van der Waals surface area contributed by atoms with Gasteiger partial charge in [0.25, 0.3) is 11.8 Å². The van der Waals surface area contributed by atoms with E-state index < -0.39 is 0 Å². The van der Waals surface area contributed by atoms with Crippen LogP contribution >= 0.6 is 11.3 Å². The van der Waals surface area contributed by atoms with Gasteiger partial charge < -0.3 is 9.15 Å². The van der Waals surface area contributed by atoms with Crippen LogP contribution in [0.1, 0.15) is 30.3 Å². The average molecular weight is 358 g/mol. The van der Waals surface area contributed by atoms with Gasteiger partial charge in [-0.05, 0) is 30.5 Å². The highest BCUT2D eigenvalue weighted by atomic mass is 32.1. The maximum Gasteiger partial charge on any atom is 0.322 e. The summed E-state index contributed by atoms with van der Waals surface area (Å²) in [4.78, 5) is 16.2. The lowest BCUT2D eigenvalue weighted by Crippen LogP contribution is -2.20. The van der Waals surface area contributed by atoms with E-state index in [0.717, 1.165) is 5.01 Å². The minimum Gasteiger partial charge on any atom is -0.484 e. The van der Waals surface area contributed by atoms with Gasteiger partial charge in [0.1, 0.15) is 11.4 Å². The number of anilines is 1. The molecule has 0 aliphatic carbocycles. The highest BCUT2D eigenvalue weighted by Crippen LogP contribution is 2.22. The molecule has 0 bridgehead atoms. The molecule has 2 aromatic heterocycles. The van der Waals surface area contributed by atoms with Crippen molar-refractivity contribution in [2.45, 2.75) is 26.7 Å². The molecule has 3 aromatic rings. The van der Waals surface area contributed by atoms with Crippen molar-refractivity contribution in [2.75, 3.05) is 11.9 Å². The quantitative estimate of drug-likeness (QED) is 0.723. The first-order valence-corrected chi connectivity index (χ1v) is 8.68. The molecule has 130 valence electrons. The Labute approximate surface area is 149 Å². The van der Waals surface area contributed by atoms with Crippen molar-refractivity contribution >= 4 is 23.3 Å². The molecule has 0 radical (unpaired) electrons. The van der Waals surface area contributed by atoms with Gasteiger partial charge >= 0.3 is 6.01 Å². The molecule has 3 rings (SSSR count). The van der Waals surface area contributed by atoms with E-state index in [0.29, 0.717) is 17.4 Å². The molecular formula is C17H18N4O3S. The average Bonchev–Trinajstić information content (AvgIpc) is 3.22. The second-order valence-electron chi connectivity index (χ2n) is 5.72. The third-order valence-corrected chi connectivity index (χ3v) is 4.20. The van der Waals surface area contributed by atoms with Gasteiger partial charge in [0.2, 0.25) is 0 Å². The Bertz CT molecular complexity index is 855. The first kappa shape index (κ1) is 17.1. The van der Waals surface area contributed by atoms with Crippen LogP contribution in [-0.4, -0.2) is 27.7 Å². The second-order valence-corrected chi connectivity index (χ2v) is 6.79. The van der Waals surface area contributed by atoms with Gasteiger partial charge in [0.05, 0.1) is 5.01 Å². The summed E-state index contributed by atoms with van der Waals surface area (Å²) >= 11 is 1.48. The number of rotatable bonds is 6. The molecule has 7 nitrogen and oxygen atoms in total. The number of nitrogens with zero attached hydrogens (tertiary/aromatic N) is 3. The molecular weight excluding hydrogens is 340 g/mol. The zero-order valence-corrected chi connectivity index (χ0v) is 15.0. The zero-order chi connectivity index (χ0) is 17.8. The van der Waals surface area contributed by atoms with Gasteiger partial charge in [0, 0.05) is 5.38 Å². The van der Waals surface area contributed by atoms with Crippen molar-refractivity contribution in [2.24, 2.45) is 0 Å². The summed E-state index contributed by atoms with van der Waals surface area (Å²) in [6.07, 6.45) is 0. The number of aromatic nitrogens is 3. The summed E-state index contributed by atoms with van der Waals surface area (Å²) in [5.74, 6) is 0.969. The fraction of sp³-hybridized carbons (Fsp3) is 0.294. The number of nitrogens with one attached hydrogen (secondary N) is 1. The Kier molecular flexibility index (Phi) is 5.08. The largest absolute Gasteiger partial charge is 0.484 e. The highest BCUT2D eigenvalue weighted by molar-refractivity contribution is 7.09. The third-order valence-electron chi connectivity index (χ3n) is 3.43. The van der Waals surface area contributed by atoms with Gasteiger partial charge in [-0.2, -0.15) is 0 Å². The second kappa shape index (κ2) is 7.43. The van der Waals surface area contributed by atoms with Crippen LogP contribution in [0.3, 0.4) is 0 Å². The molecule has 0 spiro atoms. The minimum atomic E-state index is -0.377. The van der Waals surface area contributed by atoms with Crippen LogP contribution in [0.2, 0.25) is 0 Å². The number of thiazole rings is 1. The first-order valence-electron chi connectivity index (χ1n) is 7.80. The summed E-state index contributed by atoms with van der Waals surface area (Å²) < 4.78 is 10.8. The van der Waals surface area contributed by atoms with Gasteiger partial charge in [-0.3, -0.25) is 10.1 Å². The smallest absolute Gasteiger partial charge is 0.322 e. The number of hydrogen-bond acceptors (Lipinski definition) is 7. The monoisotopic (exact) mass is 358 g/mol. The predicted molar refractivity (Wildman–Crippen MR) is 94.8 cm³/mol. The number of aryl methyl sites for hydroxylation is 1. The summed E-state index contributed by atoms with van der Waals surface area (Å²) in [5, 5.41) is 12.9. The topological polar surface area (TPSA) is 90.1 Å². The van der Waals surface area contributed by atoms with Crippen molar-refractivity contribution in [3.8, 4) is 17.3 Å². The molecule has 0 unspecified atom stereocenters. The highest BCUT2D eigenvalue weighted by Gasteiger charge is 2.13. The Morgan fingerprint density at radius 3 is 2.68 bits per heavy atom. The number of carbonyl (C=O) groups is 1. The standard InChI is InChI=1S/C17H18N4O3S/c1-10(2)12-4-6-13(7-5-12)23-8-15(22)19-17-21-20-16(24-17)14-9-25-11(3)18-14/h4-7,9-10H,8H2,1-3H3,(H,19,21,22). The summed E-state index contributed by atoms with van der Waals surface area (Å²) in [5.41, 5.74) is 1.81. The van der Waals surface area contributed by atoms with E-state index in [1.807, 2.05) is 36.6 Å². The van der Waals surface area contributed by atoms with E-state index in [1.165, 1.54) is 16.9 Å². The molecule has 0 atom stereocenters.